The van der Waals surface area contributed by atoms with Gasteiger partial charge in [0.2, 0.25) is 0 Å². The molecule has 2 aliphatic heterocycles. The maximum Gasteiger partial charge on any atom is 0.0507 e. The molecule has 0 saturated heterocycles. The molecule has 0 bridgehead atoms. The van der Waals surface area contributed by atoms with Gasteiger partial charge in [-0.15, -0.1) is 0 Å². The van der Waals surface area contributed by atoms with Crippen LogP contribution in [0.3, 0.4) is 0 Å². The van der Waals surface area contributed by atoms with Crippen LogP contribution in [0.4, 0.5) is 0 Å². The molecule has 0 N–H and O–H groups in total. The molecule has 0 saturated carbocycles. The molecule has 0 amide bonds. The quantitative estimate of drug-likeness (QED) is 0.473. The fourth-order valence-electron chi connectivity index (χ4n) is 1.14. The molecule has 2 heterocycles. The molecule has 2 rings (SSSR count). The molecular weight excluding hydrogens is 124 g/mol. The van der Waals surface area contributed by atoms with Crippen LogP contribution in [0.1, 0.15) is 0 Å². The third kappa shape index (κ3) is 0.817. The van der Waals surface area contributed by atoms with Gasteiger partial charge in [0.15, 0.2) is 0 Å². The minimum Gasteiger partial charge on any atom is -0.292 e. The molecule has 10 heavy (non-hydrogen) atoms. The van der Waals surface area contributed by atoms with Crippen LogP contribution in [-0.2, 0) is 0 Å². The lowest BCUT2D eigenvalue weighted by atomic mass is 9.97. The highest BCUT2D eigenvalue weighted by Gasteiger charge is 2.12. The van der Waals surface area contributed by atoms with E-state index in [0.717, 1.165) is 6.54 Å². The van der Waals surface area contributed by atoms with Gasteiger partial charge in [0, 0.05) is 24.5 Å². The lowest BCUT2D eigenvalue weighted by molar-refractivity contribution is 0.833. The van der Waals surface area contributed by atoms with Crippen LogP contribution < -0.4 is 0 Å². The van der Waals surface area contributed by atoms with Gasteiger partial charge in [0.25, 0.3) is 0 Å². The minimum absolute atomic E-state index is 0.440. The highest BCUT2D eigenvalue weighted by molar-refractivity contribution is 5.80. The third-order valence-corrected chi connectivity index (χ3v) is 1.72. The smallest absolute Gasteiger partial charge is 0.0507 e. The fraction of sp³-hybridized carbons (Fsp3) is 0.250. The van der Waals surface area contributed by atoms with Gasteiger partial charge < -0.3 is 0 Å². The first-order valence-electron chi connectivity index (χ1n) is 3.37. The van der Waals surface area contributed by atoms with Gasteiger partial charge in [0.05, 0.1) is 6.54 Å². The van der Waals surface area contributed by atoms with Crippen molar-refractivity contribution in [1.82, 2.24) is 0 Å². The minimum atomic E-state index is 0.440. The Labute approximate surface area is 59.7 Å². The monoisotopic (exact) mass is 132 g/mol. The van der Waals surface area contributed by atoms with Crippen LogP contribution in [0.2, 0.25) is 0 Å². The third-order valence-electron chi connectivity index (χ3n) is 1.72. The summed E-state index contributed by atoms with van der Waals surface area (Å²) < 4.78 is 0. The number of dihydropyridines is 1. The maximum absolute atomic E-state index is 4.13. The zero-order valence-corrected chi connectivity index (χ0v) is 5.57. The fourth-order valence-corrected chi connectivity index (χ4v) is 1.14. The van der Waals surface area contributed by atoms with Crippen molar-refractivity contribution in [1.29, 1.82) is 0 Å². The van der Waals surface area contributed by atoms with E-state index in [9.17, 15) is 0 Å². The standard InChI is InChI=1S/C8H8N2/c1-3-9-5-8-6-10-4-2-7(1)8/h1-5,8H,6H2. The van der Waals surface area contributed by atoms with E-state index in [2.05, 4.69) is 9.98 Å². The number of rotatable bonds is 0. The molecule has 2 nitrogen and oxygen atoms in total. The number of fused-ring (bicyclic) bond motifs is 1. The summed E-state index contributed by atoms with van der Waals surface area (Å²) in [4.78, 5) is 8.18. The van der Waals surface area contributed by atoms with Gasteiger partial charge >= 0.3 is 0 Å². The molecule has 2 heteroatoms. The average Bonchev–Trinajstić information content (AvgIpc) is 2.05. The molecule has 0 aromatic carbocycles. The van der Waals surface area contributed by atoms with E-state index in [4.69, 9.17) is 0 Å². The van der Waals surface area contributed by atoms with Gasteiger partial charge in [-0.1, -0.05) is 0 Å². The Bertz CT molecular complexity index is 246. The summed E-state index contributed by atoms with van der Waals surface area (Å²) in [5, 5.41) is 0. The topological polar surface area (TPSA) is 24.7 Å². The predicted octanol–water partition coefficient (Wildman–Crippen LogP) is 1.21. The van der Waals surface area contributed by atoms with E-state index in [1.807, 2.05) is 30.8 Å². The van der Waals surface area contributed by atoms with Crippen molar-refractivity contribution >= 4 is 12.4 Å². The largest absolute Gasteiger partial charge is 0.292 e. The SMILES string of the molecule is C1=CC2=CC=NCC2C=N1. The van der Waals surface area contributed by atoms with Crippen molar-refractivity contribution in [2.24, 2.45) is 15.9 Å². The van der Waals surface area contributed by atoms with E-state index in [1.165, 1.54) is 5.57 Å². The molecule has 0 fully saturated rings. The van der Waals surface area contributed by atoms with Crippen molar-refractivity contribution in [2.45, 2.75) is 0 Å². The predicted molar refractivity (Wildman–Crippen MR) is 42.6 cm³/mol. The first-order chi connectivity index (χ1) is 4.97. The van der Waals surface area contributed by atoms with Crippen LogP contribution in [0.15, 0.2) is 33.9 Å². The van der Waals surface area contributed by atoms with Crippen LogP contribution in [0.5, 0.6) is 0 Å². The van der Waals surface area contributed by atoms with Crippen LogP contribution >= 0.6 is 0 Å². The van der Waals surface area contributed by atoms with Crippen LogP contribution in [0, 0.1) is 5.92 Å². The van der Waals surface area contributed by atoms with Gasteiger partial charge in [0.1, 0.15) is 0 Å². The maximum atomic E-state index is 4.13. The summed E-state index contributed by atoms with van der Waals surface area (Å²) in [7, 11) is 0. The van der Waals surface area contributed by atoms with E-state index in [1.54, 1.807) is 0 Å². The summed E-state index contributed by atoms with van der Waals surface area (Å²) in [6.07, 6.45) is 9.70. The van der Waals surface area contributed by atoms with Crippen molar-refractivity contribution in [2.75, 3.05) is 6.54 Å². The summed E-state index contributed by atoms with van der Waals surface area (Å²) in [6.45, 7) is 0.861. The summed E-state index contributed by atoms with van der Waals surface area (Å²) in [5.41, 5.74) is 1.32. The Morgan fingerprint density at radius 3 is 3.40 bits per heavy atom. The Morgan fingerprint density at radius 1 is 1.50 bits per heavy atom. The van der Waals surface area contributed by atoms with Crippen LogP contribution in [0.25, 0.3) is 0 Å². The number of aliphatic imine (C=N–C) groups is 2. The molecule has 0 spiro atoms. The lowest BCUT2D eigenvalue weighted by Crippen LogP contribution is -2.13. The van der Waals surface area contributed by atoms with Crippen molar-refractivity contribution < 1.29 is 0 Å². The van der Waals surface area contributed by atoms with E-state index in [0.29, 0.717) is 5.92 Å². The molecule has 0 aromatic rings. The van der Waals surface area contributed by atoms with Crippen molar-refractivity contribution in [3.8, 4) is 0 Å². The molecule has 0 aliphatic carbocycles. The second-order valence-corrected chi connectivity index (χ2v) is 2.40. The number of allylic oxidation sites excluding steroid dienone is 2. The molecule has 0 aromatic heterocycles. The summed E-state index contributed by atoms with van der Waals surface area (Å²) in [6, 6.07) is 0. The first-order valence-corrected chi connectivity index (χ1v) is 3.37. The second-order valence-electron chi connectivity index (χ2n) is 2.40. The normalized spacial score (nSPS) is 28.0. The highest BCUT2D eigenvalue weighted by Crippen LogP contribution is 2.16. The number of hydrogen-bond acceptors (Lipinski definition) is 2. The summed E-state index contributed by atoms with van der Waals surface area (Å²) >= 11 is 0. The van der Waals surface area contributed by atoms with Gasteiger partial charge in [-0.25, -0.2) is 0 Å². The zero-order chi connectivity index (χ0) is 6.81. The molecule has 2 aliphatic rings. The lowest BCUT2D eigenvalue weighted by Gasteiger charge is -2.15. The van der Waals surface area contributed by atoms with Gasteiger partial charge in [-0.05, 0) is 17.7 Å². The molecule has 1 atom stereocenters. The molecule has 1 unspecified atom stereocenters. The number of nitrogens with zero attached hydrogens (tertiary/aromatic N) is 2. The van der Waals surface area contributed by atoms with E-state index < -0.39 is 0 Å². The Hall–Kier alpha value is -1.18. The molecule has 0 radical (unpaired) electrons. The average molecular weight is 132 g/mol. The Balaban J connectivity index is 2.34. The van der Waals surface area contributed by atoms with Crippen LogP contribution in [-0.4, -0.2) is 19.0 Å². The molecular formula is C8H8N2. The molecule has 50 valence electrons. The first kappa shape index (κ1) is 5.59. The van der Waals surface area contributed by atoms with E-state index in [-0.39, 0.29) is 0 Å². The Morgan fingerprint density at radius 2 is 2.50 bits per heavy atom. The van der Waals surface area contributed by atoms with Gasteiger partial charge in [-0.2, -0.15) is 0 Å². The highest BCUT2D eigenvalue weighted by atomic mass is 14.8. The van der Waals surface area contributed by atoms with Crippen molar-refractivity contribution in [3.63, 3.8) is 0 Å². The number of hydrogen-bond donors (Lipinski definition) is 0. The van der Waals surface area contributed by atoms with E-state index >= 15 is 0 Å². The van der Waals surface area contributed by atoms with Crippen molar-refractivity contribution in [3.05, 3.63) is 23.9 Å². The zero-order valence-electron chi connectivity index (χ0n) is 5.57. The summed E-state index contributed by atoms with van der Waals surface area (Å²) in [5.74, 6) is 0.440. The van der Waals surface area contributed by atoms with Gasteiger partial charge in [-0.3, -0.25) is 9.98 Å². The Kier molecular flexibility index (Phi) is 1.24. The second kappa shape index (κ2) is 2.21.